The minimum absolute atomic E-state index is 0.0242. The molecule has 3 aromatic rings. The summed E-state index contributed by atoms with van der Waals surface area (Å²) >= 11 is 0. The van der Waals surface area contributed by atoms with E-state index in [0.29, 0.717) is 11.7 Å². The number of carbonyl (C=O) groups excluding carboxylic acids is 1. The highest BCUT2D eigenvalue weighted by atomic mass is 19.1. The van der Waals surface area contributed by atoms with E-state index < -0.39 is 17.2 Å². The number of amides is 1. The predicted octanol–water partition coefficient (Wildman–Crippen LogP) is 6.64. The van der Waals surface area contributed by atoms with E-state index in [1.807, 2.05) is 18.2 Å². The molecule has 2 N–H and O–H groups in total. The van der Waals surface area contributed by atoms with Gasteiger partial charge in [-0.3, -0.25) is 10.1 Å². The number of likely N-dealkylation sites (tertiary alicyclic amines) is 1. The van der Waals surface area contributed by atoms with E-state index in [1.165, 1.54) is 25.7 Å². The minimum atomic E-state index is -0.731. The third kappa shape index (κ3) is 5.93. The van der Waals surface area contributed by atoms with Gasteiger partial charge in [-0.15, -0.1) is 0 Å². The van der Waals surface area contributed by atoms with Gasteiger partial charge in [0.15, 0.2) is 5.69 Å². The van der Waals surface area contributed by atoms with Gasteiger partial charge in [0, 0.05) is 36.4 Å². The van der Waals surface area contributed by atoms with Crippen molar-refractivity contribution in [3.63, 3.8) is 0 Å². The second-order valence-electron chi connectivity index (χ2n) is 10.4. The van der Waals surface area contributed by atoms with Crippen LogP contribution in [0.15, 0.2) is 66.7 Å². The maximum Gasteiger partial charge on any atom is 0.238 e. The maximum absolute atomic E-state index is 13.6. The molecule has 2 aliphatic rings. The van der Waals surface area contributed by atoms with Gasteiger partial charge in [-0.25, -0.2) is 13.6 Å². The van der Waals surface area contributed by atoms with E-state index >= 15 is 0 Å². The quantitative estimate of drug-likeness (QED) is 0.347. The fraction of sp³-hybridized carbons (Fsp3) is 0.355. The lowest BCUT2D eigenvalue weighted by Crippen LogP contribution is -2.54. The van der Waals surface area contributed by atoms with Crippen molar-refractivity contribution in [2.75, 3.05) is 25.0 Å². The Morgan fingerprint density at radius 2 is 1.63 bits per heavy atom. The van der Waals surface area contributed by atoms with E-state index in [4.69, 9.17) is 6.57 Å². The van der Waals surface area contributed by atoms with E-state index in [1.54, 1.807) is 6.07 Å². The predicted molar refractivity (Wildman–Crippen MR) is 146 cm³/mol. The van der Waals surface area contributed by atoms with Crippen LogP contribution in [0.1, 0.15) is 44.1 Å². The number of nitrogens with zero attached hydrogens (tertiary/aromatic N) is 2. The van der Waals surface area contributed by atoms with Crippen molar-refractivity contribution in [2.45, 2.75) is 50.1 Å². The molecule has 7 heteroatoms. The summed E-state index contributed by atoms with van der Waals surface area (Å²) in [4.78, 5) is 18.9. The van der Waals surface area contributed by atoms with Gasteiger partial charge in [-0.05, 0) is 60.6 Å². The number of hydrogen-bond donors (Lipinski definition) is 2. The number of hydrogen-bond acceptors (Lipinski definition) is 3. The molecule has 0 radical (unpaired) electrons. The number of nitrogens with one attached hydrogen (secondary N) is 2. The molecule has 1 saturated heterocycles. The summed E-state index contributed by atoms with van der Waals surface area (Å²) in [5.41, 5.74) is 3.45. The number of rotatable bonds is 7. The van der Waals surface area contributed by atoms with Crippen molar-refractivity contribution in [2.24, 2.45) is 0 Å². The first-order chi connectivity index (χ1) is 18.4. The summed E-state index contributed by atoms with van der Waals surface area (Å²) in [6.07, 6.45) is 6.82. The van der Waals surface area contributed by atoms with Gasteiger partial charge in [-0.2, -0.15) is 0 Å². The van der Waals surface area contributed by atoms with Crippen LogP contribution in [-0.4, -0.2) is 36.5 Å². The van der Waals surface area contributed by atoms with Crippen molar-refractivity contribution < 1.29 is 13.6 Å². The SMILES string of the molecule is [C-]#[N+]c1cccc(-c2ccc(C3(NCC(=O)Nc4cc(F)cc(F)c4)CCN(C4CCCC4)CC3)cc2)c1. The highest BCUT2D eigenvalue weighted by Crippen LogP contribution is 2.37. The summed E-state index contributed by atoms with van der Waals surface area (Å²) in [6, 6.07) is 19.6. The topological polar surface area (TPSA) is 48.7 Å². The second-order valence-corrected chi connectivity index (χ2v) is 10.4. The molecule has 196 valence electrons. The molecular formula is C31H32F2N4O. The van der Waals surface area contributed by atoms with Crippen LogP contribution >= 0.6 is 0 Å². The van der Waals surface area contributed by atoms with Crippen LogP contribution in [0.4, 0.5) is 20.2 Å². The van der Waals surface area contributed by atoms with Crippen molar-refractivity contribution >= 4 is 17.3 Å². The van der Waals surface area contributed by atoms with Gasteiger partial charge in [0.25, 0.3) is 0 Å². The second kappa shape index (κ2) is 11.4. The van der Waals surface area contributed by atoms with Gasteiger partial charge < -0.3 is 10.2 Å². The molecule has 3 aromatic carbocycles. The average molecular weight is 515 g/mol. The van der Waals surface area contributed by atoms with Gasteiger partial charge in [-0.1, -0.05) is 55.3 Å². The number of piperidine rings is 1. The third-order valence-electron chi connectivity index (χ3n) is 7.97. The number of carbonyl (C=O) groups is 1. The van der Waals surface area contributed by atoms with Crippen LogP contribution in [0.5, 0.6) is 0 Å². The number of benzene rings is 3. The van der Waals surface area contributed by atoms with Gasteiger partial charge in [0.1, 0.15) is 11.6 Å². The highest BCUT2D eigenvalue weighted by Gasteiger charge is 2.38. The molecule has 0 spiro atoms. The largest absolute Gasteiger partial charge is 0.325 e. The van der Waals surface area contributed by atoms with Crippen molar-refractivity contribution in [3.05, 3.63) is 95.3 Å². The van der Waals surface area contributed by atoms with E-state index in [-0.39, 0.29) is 18.1 Å². The zero-order chi connectivity index (χ0) is 26.5. The molecular weight excluding hydrogens is 482 g/mol. The van der Waals surface area contributed by atoms with Crippen LogP contribution in [0.2, 0.25) is 0 Å². The molecule has 2 fully saturated rings. The van der Waals surface area contributed by atoms with Crippen molar-refractivity contribution in [1.82, 2.24) is 10.2 Å². The Labute approximate surface area is 222 Å². The van der Waals surface area contributed by atoms with Crippen LogP contribution in [-0.2, 0) is 10.3 Å². The lowest BCUT2D eigenvalue weighted by Gasteiger charge is -2.45. The summed E-state index contributed by atoms with van der Waals surface area (Å²) in [7, 11) is 0. The number of halogens is 2. The molecule has 1 aliphatic carbocycles. The lowest BCUT2D eigenvalue weighted by molar-refractivity contribution is -0.116. The normalized spacial score (nSPS) is 17.7. The Hall–Kier alpha value is -3.60. The molecule has 0 unspecified atom stereocenters. The Bertz CT molecular complexity index is 1300. The van der Waals surface area contributed by atoms with Crippen LogP contribution in [0.3, 0.4) is 0 Å². The molecule has 1 amide bonds. The average Bonchev–Trinajstić information content (AvgIpc) is 3.47. The molecule has 38 heavy (non-hydrogen) atoms. The van der Waals surface area contributed by atoms with Gasteiger partial charge in [0.2, 0.25) is 5.91 Å². The van der Waals surface area contributed by atoms with Crippen LogP contribution in [0.25, 0.3) is 16.0 Å². The molecule has 0 bridgehead atoms. The fourth-order valence-electron chi connectivity index (χ4n) is 5.93. The zero-order valence-corrected chi connectivity index (χ0v) is 21.4. The Balaban J connectivity index is 1.34. The minimum Gasteiger partial charge on any atom is -0.325 e. The smallest absolute Gasteiger partial charge is 0.238 e. The maximum atomic E-state index is 13.6. The molecule has 1 aliphatic heterocycles. The fourth-order valence-corrected chi connectivity index (χ4v) is 5.93. The van der Waals surface area contributed by atoms with E-state index in [9.17, 15) is 13.6 Å². The first-order valence-electron chi connectivity index (χ1n) is 13.3. The highest BCUT2D eigenvalue weighted by molar-refractivity contribution is 5.92. The van der Waals surface area contributed by atoms with Gasteiger partial charge >= 0.3 is 0 Å². The van der Waals surface area contributed by atoms with E-state index in [2.05, 4.69) is 44.6 Å². The first kappa shape index (κ1) is 26.0. The molecule has 1 saturated carbocycles. The monoisotopic (exact) mass is 514 g/mol. The zero-order valence-electron chi connectivity index (χ0n) is 21.4. The third-order valence-corrected chi connectivity index (χ3v) is 7.97. The summed E-state index contributed by atoms with van der Waals surface area (Å²) in [5, 5.41) is 6.13. The summed E-state index contributed by atoms with van der Waals surface area (Å²) < 4.78 is 27.1. The Morgan fingerprint density at radius 1 is 0.947 bits per heavy atom. The number of anilines is 1. The Kier molecular flexibility index (Phi) is 7.82. The lowest BCUT2D eigenvalue weighted by atomic mass is 9.79. The molecule has 5 rings (SSSR count). The first-order valence-corrected chi connectivity index (χ1v) is 13.3. The van der Waals surface area contributed by atoms with Crippen molar-refractivity contribution in [1.29, 1.82) is 0 Å². The van der Waals surface area contributed by atoms with Crippen LogP contribution < -0.4 is 10.6 Å². The van der Waals surface area contributed by atoms with Crippen molar-refractivity contribution in [3.8, 4) is 11.1 Å². The molecule has 0 aromatic heterocycles. The summed E-state index contributed by atoms with van der Waals surface area (Å²) in [6.45, 7) is 9.21. The van der Waals surface area contributed by atoms with Crippen LogP contribution in [0, 0.1) is 18.2 Å². The van der Waals surface area contributed by atoms with Gasteiger partial charge in [0.05, 0.1) is 13.1 Å². The molecule has 5 nitrogen and oxygen atoms in total. The standard InChI is InChI=1S/C31H32F2N4O/c1-34-27-6-4-5-23(17-27)22-9-11-24(12-10-22)31(13-15-37(16-14-31)29-7-2-3-8-29)35-21-30(38)36-28-19-25(32)18-26(33)20-28/h4-6,9-12,17-20,29,35H,2-3,7-8,13-16,21H2,(H,36,38). The molecule has 0 atom stereocenters. The van der Waals surface area contributed by atoms with E-state index in [0.717, 1.165) is 60.8 Å². The summed E-state index contributed by atoms with van der Waals surface area (Å²) in [5.74, 6) is -1.81. The Morgan fingerprint density at radius 3 is 2.29 bits per heavy atom. The molecule has 1 heterocycles.